The van der Waals surface area contributed by atoms with Gasteiger partial charge in [-0.05, 0) is 30.7 Å². The van der Waals surface area contributed by atoms with Crippen molar-refractivity contribution < 1.29 is 9.59 Å². The first-order valence-corrected chi connectivity index (χ1v) is 8.80. The lowest BCUT2D eigenvalue weighted by atomic mass is 10.1. The summed E-state index contributed by atoms with van der Waals surface area (Å²) >= 11 is 0. The lowest BCUT2D eigenvalue weighted by Gasteiger charge is -2.09. The maximum Gasteiger partial charge on any atom is 0.274 e. The first-order chi connectivity index (χ1) is 13.5. The summed E-state index contributed by atoms with van der Waals surface area (Å²) in [5.74, 6) is 0.0250. The number of amides is 2. The number of aromatic nitrogens is 2. The van der Waals surface area contributed by atoms with E-state index in [1.54, 1.807) is 30.3 Å². The lowest BCUT2D eigenvalue weighted by molar-refractivity contribution is -0.114. The van der Waals surface area contributed by atoms with Crippen LogP contribution >= 0.6 is 0 Å². The van der Waals surface area contributed by atoms with Crippen LogP contribution < -0.4 is 16.0 Å². The molecule has 0 aliphatic carbocycles. The predicted molar refractivity (Wildman–Crippen MR) is 109 cm³/mol. The minimum Gasteiger partial charge on any atom is -0.366 e. The second-order valence-corrected chi connectivity index (χ2v) is 6.34. The van der Waals surface area contributed by atoms with Crippen molar-refractivity contribution in [3.8, 4) is 0 Å². The van der Waals surface area contributed by atoms with Crippen LogP contribution in [-0.2, 0) is 11.3 Å². The van der Waals surface area contributed by atoms with Gasteiger partial charge in [0.25, 0.3) is 5.91 Å². The van der Waals surface area contributed by atoms with E-state index in [0.29, 0.717) is 23.7 Å². The summed E-state index contributed by atoms with van der Waals surface area (Å²) in [7, 11) is 0. The summed E-state index contributed by atoms with van der Waals surface area (Å²) < 4.78 is 0. The fourth-order valence-corrected chi connectivity index (χ4v) is 2.55. The molecule has 0 saturated heterocycles. The predicted octanol–water partition coefficient (Wildman–Crippen LogP) is 3.61. The van der Waals surface area contributed by atoms with Crippen LogP contribution in [0.15, 0.2) is 60.9 Å². The van der Waals surface area contributed by atoms with Crippen molar-refractivity contribution in [2.45, 2.75) is 20.4 Å². The smallest absolute Gasteiger partial charge is 0.274 e. The van der Waals surface area contributed by atoms with Crippen LogP contribution in [0.2, 0.25) is 0 Å². The van der Waals surface area contributed by atoms with Crippen molar-refractivity contribution in [2.24, 2.45) is 0 Å². The van der Waals surface area contributed by atoms with Crippen LogP contribution in [0.5, 0.6) is 0 Å². The number of nitrogens with zero attached hydrogens (tertiary/aromatic N) is 2. The molecule has 0 fully saturated rings. The molecule has 3 aromatic rings. The van der Waals surface area contributed by atoms with Gasteiger partial charge >= 0.3 is 0 Å². The van der Waals surface area contributed by atoms with Gasteiger partial charge in [0.05, 0.1) is 0 Å². The molecule has 0 saturated carbocycles. The van der Waals surface area contributed by atoms with Gasteiger partial charge in [0, 0.05) is 30.9 Å². The highest BCUT2D eigenvalue weighted by molar-refractivity contribution is 6.03. The number of benzene rings is 2. The fraction of sp³-hybridized carbons (Fsp3) is 0.143. The third kappa shape index (κ3) is 5.38. The molecule has 0 radical (unpaired) electrons. The number of anilines is 3. The Morgan fingerprint density at radius 1 is 0.929 bits per heavy atom. The summed E-state index contributed by atoms with van der Waals surface area (Å²) in [6, 6.07) is 16.7. The molecule has 3 rings (SSSR count). The molecule has 0 aliphatic heterocycles. The molecule has 0 spiro atoms. The van der Waals surface area contributed by atoms with Gasteiger partial charge in [-0.2, -0.15) is 0 Å². The second kappa shape index (κ2) is 8.77. The average Bonchev–Trinajstić information content (AvgIpc) is 2.67. The minimum atomic E-state index is -0.360. The Kier molecular flexibility index (Phi) is 5.96. The van der Waals surface area contributed by atoms with Crippen molar-refractivity contribution in [3.05, 3.63) is 77.7 Å². The number of carbonyl (C=O) groups excluding carboxylic acids is 2. The van der Waals surface area contributed by atoms with Gasteiger partial charge in [0.2, 0.25) is 5.91 Å². The molecule has 1 aromatic heterocycles. The topological polar surface area (TPSA) is 96.0 Å². The standard InChI is InChI=1S/C21H21N5O2/c1-14-6-8-16(9-7-14)12-22-20-11-19(23-13-24-20)21(28)26-18-5-3-4-17(10-18)25-15(2)27/h3-11,13H,12H2,1-2H3,(H,25,27)(H,26,28)(H,22,23,24). The Labute approximate surface area is 163 Å². The molecule has 0 aliphatic rings. The second-order valence-electron chi connectivity index (χ2n) is 6.34. The molecule has 7 heteroatoms. The summed E-state index contributed by atoms with van der Waals surface area (Å²) in [6.07, 6.45) is 1.35. The molecule has 28 heavy (non-hydrogen) atoms. The molecule has 0 bridgehead atoms. The lowest BCUT2D eigenvalue weighted by Crippen LogP contribution is -2.15. The Morgan fingerprint density at radius 2 is 1.64 bits per heavy atom. The van der Waals surface area contributed by atoms with Crippen LogP contribution in [0.25, 0.3) is 0 Å². The Bertz CT molecular complexity index is 986. The zero-order valence-electron chi connectivity index (χ0n) is 15.7. The first kappa shape index (κ1) is 19.0. The molecule has 3 N–H and O–H groups in total. The van der Waals surface area contributed by atoms with E-state index in [0.717, 1.165) is 5.56 Å². The quantitative estimate of drug-likeness (QED) is 0.612. The van der Waals surface area contributed by atoms with E-state index in [1.165, 1.54) is 18.8 Å². The number of rotatable bonds is 6. The largest absolute Gasteiger partial charge is 0.366 e. The van der Waals surface area contributed by atoms with Gasteiger partial charge in [-0.3, -0.25) is 9.59 Å². The van der Waals surface area contributed by atoms with Gasteiger partial charge < -0.3 is 16.0 Å². The molecule has 0 atom stereocenters. The molecule has 142 valence electrons. The summed E-state index contributed by atoms with van der Waals surface area (Å²) in [4.78, 5) is 31.9. The van der Waals surface area contributed by atoms with Crippen LogP contribution in [0.1, 0.15) is 28.5 Å². The van der Waals surface area contributed by atoms with E-state index in [1.807, 2.05) is 31.2 Å². The maximum absolute atomic E-state index is 12.5. The Balaban J connectivity index is 1.65. The summed E-state index contributed by atoms with van der Waals surface area (Å²) in [5.41, 5.74) is 3.72. The molecule has 2 amide bonds. The van der Waals surface area contributed by atoms with Crippen LogP contribution in [0.3, 0.4) is 0 Å². The number of aryl methyl sites for hydroxylation is 1. The number of hydrogen-bond acceptors (Lipinski definition) is 5. The van der Waals surface area contributed by atoms with E-state index >= 15 is 0 Å². The van der Waals surface area contributed by atoms with E-state index in [9.17, 15) is 9.59 Å². The average molecular weight is 375 g/mol. The van der Waals surface area contributed by atoms with Crippen LogP contribution in [0, 0.1) is 6.92 Å². The van der Waals surface area contributed by atoms with Crippen molar-refractivity contribution in [3.63, 3.8) is 0 Å². The van der Waals surface area contributed by atoms with Gasteiger partial charge in [-0.25, -0.2) is 9.97 Å². The SMILES string of the molecule is CC(=O)Nc1cccc(NC(=O)c2cc(NCc3ccc(C)cc3)ncn2)c1. The van der Waals surface area contributed by atoms with Crippen molar-refractivity contribution in [1.82, 2.24) is 9.97 Å². The first-order valence-electron chi connectivity index (χ1n) is 8.80. The highest BCUT2D eigenvalue weighted by Gasteiger charge is 2.10. The molecule has 7 nitrogen and oxygen atoms in total. The highest BCUT2D eigenvalue weighted by Crippen LogP contribution is 2.16. The molecule has 2 aromatic carbocycles. The summed E-state index contributed by atoms with van der Waals surface area (Å²) in [5, 5.41) is 8.64. The van der Waals surface area contributed by atoms with Gasteiger partial charge in [-0.1, -0.05) is 35.9 Å². The van der Waals surface area contributed by atoms with Crippen LogP contribution in [0.4, 0.5) is 17.2 Å². The Morgan fingerprint density at radius 3 is 2.36 bits per heavy atom. The fourth-order valence-electron chi connectivity index (χ4n) is 2.55. The molecule has 0 unspecified atom stereocenters. The third-order valence-electron chi connectivity index (χ3n) is 3.93. The number of carbonyl (C=O) groups is 2. The van der Waals surface area contributed by atoms with E-state index < -0.39 is 0 Å². The zero-order chi connectivity index (χ0) is 19.9. The van der Waals surface area contributed by atoms with Crippen molar-refractivity contribution in [1.29, 1.82) is 0 Å². The van der Waals surface area contributed by atoms with Gasteiger partial charge in [0.15, 0.2) is 0 Å². The normalized spacial score (nSPS) is 10.2. The Hall–Kier alpha value is -3.74. The third-order valence-corrected chi connectivity index (χ3v) is 3.93. The minimum absolute atomic E-state index is 0.177. The van der Waals surface area contributed by atoms with Gasteiger partial charge in [-0.15, -0.1) is 0 Å². The van der Waals surface area contributed by atoms with Crippen molar-refractivity contribution in [2.75, 3.05) is 16.0 Å². The maximum atomic E-state index is 12.5. The van der Waals surface area contributed by atoms with Gasteiger partial charge in [0.1, 0.15) is 17.8 Å². The molecular formula is C21H21N5O2. The summed E-state index contributed by atoms with van der Waals surface area (Å²) in [6.45, 7) is 4.06. The molecular weight excluding hydrogens is 354 g/mol. The molecule has 1 heterocycles. The van der Waals surface area contributed by atoms with E-state index in [-0.39, 0.29) is 17.5 Å². The monoisotopic (exact) mass is 375 g/mol. The zero-order valence-corrected chi connectivity index (χ0v) is 15.7. The van der Waals surface area contributed by atoms with Crippen LogP contribution in [-0.4, -0.2) is 21.8 Å². The number of nitrogens with one attached hydrogen (secondary N) is 3. The van der Waals surface area contributed by atoms with Crippen molar-refractivity contribution >= 4 is 29.0 Å². The number of hydrogen-bond donors (Lipinski definition) is 3. The van der Waals surface area contributed by atoms with E-state index in [2.05, 4.69) is 25.9 Å². The highest BCUT2D eigenvalue weighted by atomic mass is 16.2. The van der Waals surface area contributed by atoms with E-state index in [4.69, 9.17) is 0 Å².